The summed E-state index contributed by atoms with van der Waals surface area (Å²) in [5.74, 6) is -1.42. The number of carbonyl (C=O) groups excluding carboxylic acids is 4. The number of imidazole rings is 1. The molecule has 48 heavy (non-hydrogen) atoms. The molecule has 14 heteroatoms. The Morgan fingerprint density at radius 2 is 1.71 bits per heavy atom. The Hall–Kier alpha value is -5.08. The van der Waals surface area contributed by atoms with Gasteiger partial charge in [0.25, 0.3) is 11.8 Å². The maximum atomic E-state index is 14.2. The minimum Gasteiger partial charge on any atom is -0.448 e. The van der Waals surface area contributed by atoms with E-state index in [4.69, 9.17) is 15.2 Å². The van der Waals surface area contributed by atoms with Crippen LogP contribution in [0.5, 0.6) is 0 Å². The molecule has 2 aliphatic heterocycles. The number of nitrogens with one attached hydrogen (secondary N) is 1. The number of nitrogens with zero attached hydrogens (tertiary/aromatic N) is 4. The van der Waals surface area contributed by atoms with Crippen LogP contribution in [0.1, 0.15) is 48.5 Å². The van der Waals surface area contributed by atoms with Crippen LogP contribution in [0.25, 0.3) is 5.65 Å². The highest BCUT2D eigenvalue weighted by molar-refractivity contribution is 8.02. The Labute approximate surface area is 284 Å². The fourth-order valence-corrected chi connectivity index (χ4v) is 7.15. The lowest BCUT2D eigenvalue weighted by Crippen LogP contribution is -2.70. The number of aromatic nitrogens is 3. The number of ether oxygens (including phenoxy) is 2. The zero-order valence-electron chi connectivity index (χ0n) is 26.2. The Kier molecular flexibility index (Phi) is 9.29. The summed E-state index contributed by atoms with van der Waals surface area (Å²) < 4.78 is 13.0. The SMILES string of the molecule is CC(C)(C)OC(=O)N[C@@H]1C(=O)N2C(C(=O)OC(c3ccccc3)c3ccccc3)=C(/C=C/Sc3ccc4nc(C(N)=O)cn4n3)CS[C@@H]12. The lowest BCUT2D eigenvalue weighted by atomic mass is 10.0. The van der Waals surface area contributed by atoms with E-state index in [1.807, 2.05) is 60.7 Å². The Morgan fingerprint density at radius 3 is 2.33 bits per heavy atom. The fraction of sp³-hybridized carbons (Fsp3) is 0.235. The standard InChI is InChI=1S/C34H32N6O6S2/c1-34(2,3)46-33(44)37-26-30(42)40-27(32(43)45-28(20-10-6-4-7-11-20)21-12-8-5-9-13-21)22(19-48-31(26)40)16-17-47-25-15-14-24-36-23(29(35)41)18-39(24)38-25/h4-18,26,28,31H,19H2,1-3H3,(H2,35,41)(H,37,44)/b17-16+/t26-,31+/m1/s1. The van der Waals surface area contributed by atoms with E-state index in [9.17, 15) is 19.2 Å². The van der Waals surface area contributed by atoms with Crippen LogP contribution >= 0.6 is 23.5 Å². The number of hydrogen-bond donors (Lipinski definition) is 2. The molecule has 0 aliphatic carbocycles. The molecule has 246 valence electrons. The van der Waals surface area contributed by atoms with Crippen molar-refractivity contribution in [3.05, 3.63) is 119 Å². The van der Waals surface area contributed by atoms with Crippen molar-refractivity contribution in [2.75, 3.05) is 5.75 Å². The third kappa shape index (κ3) is 7.09. The molecule has 0 unspecified atom stereocenters. The van der Waals surface area contributed by atoms with Crippen LogP contribution in [0.2, 0.25) is 0 Å². The minimum atomic E-state index is -0.872. The van der Waals surface area contributed by atoms with E-state index in [1.54, 1.807) is 44.4 Å². The minimum absolute atomic E-state index is 0.101. The van der Waals surface area contributed by atoms with Crippen LogP contribution in [-0.2, 0) is 19.1 Å². The van der Waals surface area contributed by atoms with Gasteiger partial charge in [-0.1, -0.05) is 72.4 Å². The first kappa shape index (κ1) is 32.8. The highest BCUT2D eigenvalue weighted by Gasteiger charge is 2.54. The third-order valence-corrected chi connectivity index (χ3v) is 9.33. The number of benzene rings is 2. The van der Waals surface area contributed by atoms with Gasteiger partial charge >= 0.3 is 12.1 Å². The second-order valence-electron chi connectivity index (χ2n) is 11.9. The predicted molar refractivity (Wildman–Crippen MR) is 181 cm³/mol. The van der Waals surface area contributed by atoms with Gasteiger partial charge in [-0.3, -0.25) is 14.5 Å². The van der Waals surface area contributed by atoms with Gasteiger partial charge in [0.1, 0.15) is 33.4 Å². The normalized spacial score (nSPS) is 17.8. The summed E-state index contributed by atoms with van der Waals surface area (Å²) in [4.78, 5) is 57.3. The molecule has 3 amide bonds. The number of allylic oxidation sites excluding steroid dienone is 1. The van der Waals surface area contributed by atoms with Crippen LogP contribution in [0.3, 0.4) is 0 Å². The average Bonchev–Trinajstić information content (AvgIpc) is 3.50. The highest BCUT2D eigenvalue weighted by Crippen LogP contribution is 2.42. The molecule has 12 nitrogen and oxygen atoms in total. The van der Waals surface area contributed by atoms with Gasteiger partial charge in [0.2, 0.25) is 0 Å². The van der Waals surface area contributed by atoms with Gasteiger partial charge in [-0.05, 0) is 61.1 Å². The lowest BCUT2D eigenvalue weighted by Gasteiger charge is -2.49. The van der Waals surface area contributed by atoms with Crippen molar-refractivity contribution in [1.82, 2.24) is 24.8 Å². The van der Waals surface area contributed by atoms with Crippen LogP contribution < -0.4 is 11.1 Å². The molecule has 2 aromatic carbocycles. The molecule has 3 N–H and O–H groups in total. The molecule has 2 aromatic heterocycles. The molecule has 0 spiro atoms. The first-order chi connectivity index (χ1) is 23.0. The second-order valence-corrected chi connectivity index (χ2v) is 13.9. The van der Waals surface area contributed by atoms with E-state index in [-0.39, 0.29) is 11.4 Å². The van der Waals surface area contributed by atoms with Crippen molar-refractivity contribution in [2.24, 2.45) is 5.73 Å². The molecule has 2 atom stereocenters. The van der Waals surface area contributed by atoms with Crippen molar-refractivity contribution >= 4 is 53.0 Å². The number of hydrogen-bond acceptors (Lipinski definition) is 10. The lowest BCUT2D eigenvalue weighted by molar-refractivity contribution is -0.153. The molecule has 1 fully saturated rings. The molecule has 0 bridgehead atoms. The zero-order chi connectivity index (χ0) is 34.0. The van der Waals surface area contributed by atoms with Crippen molar-refractivity contribution in [2.45, 2.75) is 48.9 Å². The first-order valence-electron chi connectivity index (χ1n) is 15.0. The Morgan fingerprint density at radius 1 is 1.04 bits per heavy atom. The van der Waals surface area contributed by atoms with Gasteiger partial charge in [-0.25, -0.2) is 19.1 Å². The third-order valence-electron chi connectivity index (χ3n) is 7.30. The van der Waals surface area contributed by atoms with Gasteiger partial charge in [0, 0.05) is 5.75 Å². The van der Waals surface area contributed by atoms with Crippen LogP contribution in [0, 0.1) is 0 Å². The van der Waals surface area contributed by atoms with Crippen molar-refractivity contribution in [3.63, 3.8) is 0 Å². The monoisotopic (exact) mass is 684 g/mol. The molecular weight excluding hydrogens is 653 g/mol. The van der Waals surface area contributed by atoms with E-state index in [2.05, 4.69) is 15.4 Å². The highest BCUT2D eigenvalue weighted by atomic mass is 32.2. The molecule has 0 radical (unpaired) electrons. The number of alkyl carbamates (subject to hydrolysis) is 1. The van der Waals surface area contributed by atoms with E-state index < -0.39 is 47.0 Å². The summed E-state index contributed by atoms with van der Waals surface area (Å²) in [5, 5.41) is 8.94. The molecule has 4 aromatic rings. The number of fused-ring (bicyclic) bond motifs is 2. The van der Waals surface area contributed by atoms with Crippen molar-refractivity contribution in [3.8, 4) is 0 Å². The molecular formula is C34H32N6O6S2. The molecule has 6 rings (SSSR count). The molecule has 0 saturated carbocycles. The van der Waals surface area contributed by atoms with Crippen LogP contribution in [0.15, 0.2) is 107 Å². The Bertz CT molecular complexity index is 1900. The molecule has 2 aliphatic rings. The van der Waals surface area contributed by atoms with Crippen LogP contribution in [0.4, 0.5) is 4.79 Å². The summed E-state index contributed by atoms with van der Waals surface area (Å²) in [5.41, 5.74) is 7.38. The quantitative estimate of drug-likeness (QED) is 0.142. The number of rotatable bonds is 9. The first-order valence-corrected chi connectivity index (χ1v) is 16.9. The fourth-order valence-electron chi connectivity index (χ4n) is 5.17. The average molecular weight is 685 g/mol. The van der Waals surface area contributed by atoms with E-state index in [1.165, 1.54) is 39.1 Å². The maximum Gasteiger partial charge on any atom is 0.408 e. The smallest absolute Gasteiger partial charge is 0.408 e. The van der Waals surface area contributed by atoms with Crippen molar-refractivity contribution < 1.29 is 28.7 Å². The molecule has 1 saturated heterocycles. The number of esters is 1. The van der Waals surface area contributed by atoms with Gasteiger partial charge in [0.05, 0.1) is 6.20 Å². The summed E-state index contributed by atoms with van der Waals surface area (Å²) in [6.45, 7) is 5.21. The largest absolute Gasteiger partial charge is 0.448 e. The van der Waals surface area contributed by atoms with E-state index in [0.717, 1.165) is 11.1 Å². The maximum absolute atomic E-state index is 14.2. The van der Waals surface area contributed by atoms with Crippen molar-refractivity contribution in [1.29, 1.82) is 0 Å². The summed E-state index contributed by atoms with van der Waals surface area (Å²) in [6.07, 6.45) is 1.76. The summed E-state index contributed by atoms with van der Waals surface area (Å²) in [6, 6.07) is 21.3. The number of carbonyl (C=O) groups is 4. The molecule has 4 heterocycles. The zero-order valence-corrected chi connectivity index (χ0v) is 27.9. The van der Waals surface area contributed by atoms with Gasteiger partial charge < -0.3 is 20.5 Å². The van der Waals surface area contributed by atoms with Gasteiger partial charge in [-0.2, -0.15) is 5.10 Å². The van der Waals surface area contributed by atoms with Gasteiger partial charge in [-0.15, -0.1) is 11.8 Å². The number of amides is 3. The number of primary amides is 1. The Balaban J connectivity index is 1.30. The van der Waals surface area contributed by atoms with E-state index >= 15 is 0 Å². The topological polar surface area (TPSA) is 158 Å². The summed E-state index contributed by atoms with van der Waals surface area (Å²) in [7, 11) is 0. The van der Waals surface area contributed by atoms with E-state index in [0.29, 0.717) is 22.0 Å². The van der Waals surface area contributed by atoms with Crippen LogP contribution in [-0.4, -0.2) is 66.1 Å². The van der Waals surface area contributed by atoms with Gasteiger partial charge in [0.15, 0.2) is 11.8 Å². The number of nitrogens with two attached hydrogens (primary N) is 1. The number of β-lactam (4-membered cyclic amide) rings is 1. The second kappa shape index (κ2) is 13.6. The predicted octanol–water partition coefficient (Wildman–Crippen LogP) is 4.83. The number of thioether (sulfide) groups is 2. The summed E-state index contributed by atoms with van der Waals surface area (Å²) >= 11 is 2.69.